The van der Waals surface area contributed by atoms with Crippen LogP contribution in [0.5, 0.6) is 0 Å². The first-order valence-electron chi connectivity index (χ1n) is 5.78. The van der Waals surface area contributed by atoms with E-state index in [1.54, 1.807) is 0 Å². The van der Waals surface area contributed by atoms with Gasteiger partial charge < -0.3 is 4.74 Å². The van der Waals surface area contributed by atoms with Crippen LogP contribution in [0.3, 0.4) is 0 Å². The normalized spacial score (nSPS) is 37.9. The molecule has 0 aromatic rings. The van der Waals surface area contributed by atoms with Gasteiger partial charge in [0.1, 0.15) is 5.41 Å². The second-order valence-electron chi connectivity index (χ2n) is 5.18. The summed E-state index contributed by atoms with van der Waals surface area (Å²) in [6.07, 6.45) is 4.96. The van der Waals surface area contributed by atoms with Gasteiger partial charge in [-0.1, -0.05) is 18.1 Å². The molecule has 88 valence electrons. The van der Waals surface area contributed by atoms with Crippen LogP contribution in [0.4, 0.5) is 0 Å². The highest BCUT2D eigenvalue weighted by molar-refractivity contribution is 6.09. The Hall–Kier alpha value is -1.12. The number of esters is 1. The van der Waals surface area contributed by atoms with Crippen molar-refractivity contribution in [3.05, 3.63) is 11.6 Å². The molecule has 0 unspecified atom stereocenters. The molecule has 3 heteroatoms. The number of Topliss-reactive ketones (excluding diaryl/α,β-unsaturated/α-hetero) is 1. The van der Waals surface area contributed by atoms with Crippen LogP contribution in [0.15, 0.2) is 11.6 Å². The van der Waals surface area contributed by atoms with Crippen molar-refractivity contribution in [2.75, 3.05) is 7.11 Å². The third kappa shape index (κ3) is 1.20. The molecule has 0 aromatic carbocycles. The molecule has 0 aliphatic heterocycles. The summed E-state index contributed by atoms with van der Waals surface area (Å²) in [7, 11) is 1.36. The van der Waals surface area contributed by atoms with Gasteiger partial charge in [0.05, 0.1) is 7.11 Å². The molecule has 1 fully saturated rings. The van der Waals surface area contributed by atoms with E-state index in [0.717, 1.165) is 18.4 Å². The molecule has 0 aromatic heterocycles. The van der Waals surface area contributed by atoms with E-state index in [0.29, 0.717) is 12.8 Å². The van der Waals surface area contributed by atoms with Gasteiger partial charge in [0.15, 0.2) is 5.78 Å². The van der Waals surface area contributed by atoms with E-state index in [1.165, 1.54) is 7.11 Å². The summed E-state index contributed by atoms with van der Waals surface area (Å²) >= 11 is 0. The summed E-state index contributed by atoms with van der Waals surface area (Å²) in [5.41, 5.74) is -0.219. The minimum atomic E-state index is -0.888. The minimum absolute atomic E-state index is 0.0677. The number of hydrogen-bond donors (Lipinski definition) is 0. The molecule has 2 aliphatic carbocycles. The number of allylic oxidation sites excluding steroid dienone is 2. The Morgan fingerprint density at radius 1 is 1.44 bits per heavy atom. The summed E-state index contributed by atoms with van der Waals surface area (Å²) in [5.74, 6) is -0.287. The Morgan fingerprint density at radius 3 is 2.75 bits per heavy atom. The van der Waals surface area contributed by atoms with Crippen LogP contribution >= 0.6 is 0 Å². The maximum absolute atomic E-state index is 12.5. The molecule has 0 radical (unpaired) electrons. The van der Waals surface area contributed by atoms with Crippen LogP contribution in [-0.4, -0.2) is 18.9 Å². The molecular weight excluding hydrogens is 204 g/mol. The maximum Gasteiger partial charge on any atom is 0.319 e. The molecular formula is C13H18O3. The Morgan fingerprint density at radius 2 is 2.12 bits per heavy atom. The van der Waals surface area contributed by atoms with Crippen LogP contribution in [0.2, 0.25) is 0 Å². The summed E-state index contributed by atoms with van der Waals surface area (Å²) in [6.45, 7) is 3.95. The first kappa shape index (κ1) is 11.4. The van der Waals surface area contributed by atoms with Crippen LogP contribution < -0.4 is 0 Å². The van der Waals surface area contributed by atoms with Gasteiger partial charge >= 0.3 is 5.97 Å². The fourth-order valence-corrected chi connectivity index (χ4v) is 3.10. The van der Waals surface area contributed by atoms with Gasteiger partial charge in [0.2, 0.25) is 0 Å². The molecule has 0 N–H and O–H groups in total. The van der Waals surface area contributed by atoms with E-state index < -0.39 is 10.8 Å². The van der Waals surface area contributed by atoms with Crippen molar-refractivity contribution in [3.8, 4) is 0 Å². The number of fused-ring (bicyclic) bond motifs is 2. The highest BCUT2D eigenvalue weighted by Gasteiger charge is 2.58. The van der Waals surface area contributed by atoms with Crippen LogP contribution in [0.25, 0.3) is 0 Å². The highest BCUT2D eigenvalue weighted by atomic mass is 16.5. The van der Waals surface area contributed by atoms with Crippen molar-refractivity contribution >= 4 is 11.8 Å². The molecule has 0 spiro atoms. The second kappa shape index (κ2) is 3.44. The molecule has 0 heterocycles. The van der Waals surface area contributed by atoms with Gasteiger partial charge in [-0.25, -0.2) is 0 Å². The molecule has 0 amide bonds. The molecule has 0 saturated heterocycles. The van der Waals surface area contributed by atoms with Crippen molar-refractivity contribution < 1.29 is 14.3 Å². The summed E-state index contributed by atoms with van der Waals surface area (Å²) < 4.78 is 4.83. The highest BCUT2D eigenvalue weighted by Crippen LogP contribution is 2.53. The quantitative estimate of drug-likeness (QED) is 0.388. The van der Waals surface area contributed by atoms with Crippen molar-refractivity contribution in [2.45, 2.75) is 39.5 Å². The minimum Gasteiger partial charge on any atom is -0.468 e. The number of ether oxygens (including phenoxy) is 1. The second-order valence-corrected chi connectivity index (χ2v) is 5.18. The van der Waals surface area contributed by atoms with Gasteiger partial charge in [-0.3, -0.25) is 9.59 Å². The zero-order chi connectivity index (χ0) is 12.0. The number of hydrogen-bond acceptors (Lipinski definition) is 3. The fraction of sp³-hybridized carbons (Fsp3) is 0.692. The van der Waals surface area contributed by atoms with Crippen molar-refractivity contribution in [1.82, 2.24) is 0 Å². The molecule has 2 aliphatic rings. The smallest absolute Gasteiger partial charge is 0.319 e. The third-order valence-corrected chi connectivity index (χ3v) is 4.42. The van der Waals surface area contributed by atoms with Gasteiger partial charge in [0, 0.05) is 5.41 Å². The lowest BCUT2D eigenvalue weighted by Crippen LogP contribution is -2.53. The number of methoxy groups -OCH3 is 1. The van der Waals surface area contributed by atoms with Gasteiger partial charge in [-0.05, 0) is 33.1 Å². The predicted octanol–water partition coefficient (Wildman–Crippen LogP) is 2.26. The summed E-state index contributed by atoms with van der Waals surface area (Å²) in [6, 6.07) is 0. The van der Waals surface area contributed by atoms with Gasteiger partial charge in [0.25, 0.3) is 0 Å². The molecule has 16 heavy (non-hydrogen) atoms. The summed E-state index contributed by atoms with van der Waals surface area (Å²) in [5, 5.41) is 0. The molecule has 2 bridgehead atoms. The Kier molecular flexibility index (Phi) is 2.44. The Bertz CT molecular complexity index is 383. The number of rotatable bonds is 1. The zero-order valence-corrected chi connectivity index (χ0v) is 10.1. The number of carbonyl (C=O) groups excluding carboxylic acids is 2. The first-order chi connectivity index (χ1) is 7.47. The fourth-order valence-electron chi connectivity index (χ4n) is 3.10. The monoisotopic (exact) mass is 222 g/mol. The lowest BCUT2D eigenvalue weighted by molar-refractivity contribution is -0.165. The Labute approximate surface area is 95.9 Å². The molecule has 2 rings (SSSR count). The van der Waals surface area contributed by atoms with Crippen LogP contribution in [-0.2, 0) is 14.3 Å². The molecule has 3 nitrogen and oxygen atoms in total. The van der Waals surface area contributed by atoms with Gasteiger partial charge in [-0.2, -0.15) is 0 Å². The van der Waals surface area contributed by atoms with Crippen LogP contribution in [0, 0.1) is 10.8 Å². The summed E-state index contributed by atoms with van der Waals surface area (Å²) in [4.78, 5) is 24.4. The van der Waals surface area contributed by atoms with E-state index in [2.05, 4.69) is 0 Å². The topological polar surface area (TPSA) is 43.4 Å². The van der Waals surface area contributed by atoms with Gasteiger partial charge in [-0.15, -0.1) is 0 Å². The van der Waals surface area contributed by atoms with E-state index in [9.17, 15) is 9.59 Å². The average molecular weight is 222 g/mol. The molecule has 2 atom stereocenters. The standard InChI is InChI=1S/C13H18O3/c1-9-5-8-13(11(15)16-3)7-4-6-12(9,2)10(13)14/h5H,4,6-8H2,1-3H3/t12-,13-/m1/s1. The maximum atomic E-state index is 12.5. The van der Waals surface area contributed by atoms with E-state index in [1.807, 2.05) is 19.9 Å². The SMILES string of the molecule is COC(=O)[C@@]12CC=C(C)[C@@](C)(CCC1)C2=O. The van der Waals surface area contributed by atoms with E-state index in [-0.39, 0.29) is 11.8 Å². The van der Waals surface area contributed by atoms with E-state index >= 15 is 0 Å². The average Bonchev–Trinajstić information content (AvgIpc) is 2.27. The zero-order valence-electron chi connectivity index (χ0n) is 10.1. The van der Waals surface area contributed by atoms with Crippen molar-refractivity contribution in [3.63, 3.8) is 0 Å². The first-order valence-corrected chi connectivity index (χ1v) is 5.78. The largest absolute Gasteiger partial charge is 0.468 e. The van der Waals surface area contributed by atoms with Crippen molar-refractivity contribution in [2.24, 2.45) is 10.8 Å². The lowest BCUT2D eigenvalue weighted by atomic mass is 9.55. The Balaban J connectivity index is 2.50. The number of carbonyl (C=O) groups is 2. The van der Waals surface area contributed by atoms with Crippen LogP contribution in [0.1, 0.15) is 39.5 Å². The number of ketones is 1. The predicted molar refractivity (Wildman–Crippen MR) is 59.8 cm³/mol. The lowest BCUT2D eigenvalue weighted by Gasteiger charge is -2.46. The van der Waals surface area contributed by atoms with E-state index in [4.69, 9.17) is 4.74 Å². The van der Waals surface area contributed by atoms with Crippen molar-refractivity contribution in [1.29, 1.82) is 0 Å². The molecule has 1 saturated carbocycles. The third-order valence-electron chi connectivity index (χ3n) is 4.42.